The molecule has 2 atom stereocenters. The van der Waals surface area contributed by atoms with Crippen molar-refractivity contribution in [3.8, 4) is 0 Å². The number of Topliss-reactive ketones (excluding diaryl/α,β-unsaturated/α-hetero) is 1. The van der Waals surface area contributed by atoms with Crippen LogP contribution in [0, 0.1) is 0 Å². The van der Waals surface area contributed by atoms with Gasteiger partial charge in [-0.3, -0.25) is 9.69 Å². The lowest BCUT2D eigenvalue weighted by Crippen LogP contribution is -2.55. The van der Waals surface area contributed by atoms with Crippen molar-refractivity contribution >= 4 is 5.78 Å². The summed E-state index contributed by atoms with van der Waals surface area (Å²) in [4.78, 5) is 13.4. The molecule has 2 aliphatic rings. The zero-order valence-electron chi connectivity index (χ0n) is 8.45. The second-order valence-corrected chi connectivity index (χ2v) is 4.17. The van der Waals surface area contributed by atoms with Crippen molar-refractivity contribution in [1.29, 1.82) is 0 Å². The Labute approximate surface area is 84.4 Å². The molecule has 0 bridgehead atoms. The molecule has 0 aromatic carbocycles. The minimum Gasteiger partial charge on any atom is -0.380 e. The van der Waals surface area contributed by atoms with Gasteiger partial charge in [-0.2, -0.15) is 0 Å². The fourth-order valence-corrected chi connectivity index (χ4v) is 2.31. The second kappa shape index (κ2) is 4.38. The Kier molecular flexibility index (Phi) is 3.15. The fraction of sp³-hybridized carbons (Fsp3) is 0.900. The van der Waals surface area contributed by atoms with Crippen LogP contribution < -0.4 is 5.73 Å². The normalized spacial score (nSPS) is 35.9. The smallest absolute Gasteiger partial charge is 0.135 e. The number of rotatable bonds is 1. The van der Waals surface area contributed by atoms with E-state index in [1.807, 2.05) is 0 Å². The molecule has 2 N–H and O–H groups in total. The summed E-state index contributed by atoms with van der Waals surface area (Å²) in [7, 11) is 0. The Hall–Kier alpha value is -0.450. The third kappa shape index (κ3) is 2.13. The molecule has 2 aliphatic heterocycles. The number of carbonyl (C=O) groups excluding carboxylic acids is 1. The Balaban J connectivity index is 1.90. The summed E-state index contributed by atoms with van der Waals surface area (Å²) in [6, 6.07) is 0.550. The molecule has 0 aromatic heterocycles. The van der Waals surface area contributed by atoms with Gasteiger partial charge in [0.1, 0.15) is 5.78 Å². The van der Waals surface area contributed by atoms with Crippen LogP contribution in [0.15, 0.2) is 0 Å². The van der Waals surface area contributed by atoms with E-state index in [4.69, 9.17) is 10.5 Å². The number of hydrogen-bond donors (Lipinski definition) is 1. The van der Waals surface area contributed by atoms with Crippen LogP contribution in [0.4, 0.5) is 0 Å². The number of nitrogens with two attached hydrogens (primary N) is 1. The lowest BCUT2D eigenvalue weighted by molar-refractivity contribution is -0.122. The first kappa shape index (κ1) is 10.1. The highest BCUT2D eigenvalue weighted by atomic mass is 16.5. The summed E-state index contributed by atoms with van der Waals surface area (Å²) in [6.45, 7) is 3.24. The van der Waals surface area contributed by atoms with E-state index in [2.05, 4.69) is 4.90 Å². The Morgan fingerprint density at radius 3 is 2.71 bits per heavy atom. The van der Waals surface area contributed by atoms with Crippen LogP contribution in [0.2, 0.25) is 0 Å². The van der Waals surface area contributed by atoms with Crippen molar-refractivity contribution in [3.63, 3.8) is 0 Å². The average molecular weight is 198 g/mol. The molecule has 14 heavy (non-hydrogen) atoms. The molecule has 0 saturated carbocycles. The first-order valence-electron chi connectivity index (χ1n) is 5.36. The van der Waals surface area contributed by atoms with Gasteiger partial charge in [-0.15, -0.1) is 0 Å². The van der Waals surface area contributed by atoms with E-state index in [0.29, 0.717) is 31.3 Å². The minimum atomic E-state index is 0.122. The van der Waals surface area contributed by atoms with Crippen LogP contribution in [-0.2, 0) is 9.53 Å². The predicted molar refractivity (Wildman–Crippen MR) is 53.0 cm³/mol. The monoisotopic (exact) mass is 198 g/mol. The molecule has 2 unspecified atom stereocenters. The third-order valence-corrected chi connectivity index (χ3v) is 3.19. The maximum Gasteiger partial charge on any atom is 0.135 e. The van der Waals surface area contributed by atoms with Gasteiger partial charge in [-0.25, -0.2) is 0 Å². The number of carbonyl (C=O) groups is 1. The maximum absolute atomic E-state index is 11.1. The molecular weight excluding hydrogens is 180 g/mol. The van der Waals surface area contributed by atoms with Gasteiger partial charge in [0.05, 0.1) is 6.61 Å². The summed E-state index contributed by atoms with van der Waals surface area (Å²) < 4.78 is 5.31. The number of nitrogens with zero attached hydrogens (tertiary/aromatic N) is 1. The van der Waals surface area contributed by atoms with Gasteiger partial charge >= 0.3 is 0 Å². The lowest BCUT2D eigenvalue weighted by Gasteiger charge is -2.39. The number of piperidine rings is 1. The maximum atomic E-state index is 11.1. The highest BCUT2D eigenvalue weighted by Gasteiger charge is 2.30. The van der Waals surface area contributed by atoms with Crippen molar-refractivity contribution in [2.24, 2.45) is 5.73 Å². The number of ketones is 1. The predicted octanol–water partition coefficient (Wildman–Crippen LogP) is -0.233. The molecule has 0 aromatic rings. The molecule has 2 rings (SSSR count). The van der Waals surface area contributed by atoms with Crippen molar-refractivity contribution in [2.75, 3.05) is 26.3 Å². The van der Waals surface area contributed by atoms with Crippen molar-refractivity contribution in [3.05, 3.63) is 0 Å². The molecule has 0 amide bonds. The highest BCUT2D eigenvalue weighted by molar-refractivity contribution is 5.79. The molecule has 4 nitrogen and oxygen atoms in total. The van der Waals surface area contributed by atoms with Crippen molar-refractivity contribution in [2.45, 2.75) is 31.3 Å². The molecule has 80 valence electrons. The lowest BCUT2D eigenvalue weighted by atomic mass is 9.99. The van der Waals surface area contributed by atoms with Crippen molar-refractivity contribution in [1.82, 2.24) is 4.90 Å². The van der Waals surface area contributed by atoms with Crippen LogP contribution in [0.25, 0.3) is 0 Å². The van der Waals surface area contributed by atoms with E-state index >= 15 is 0 Å². The van der Waals surface area contributed by atoms with E-state index in [0.717, 1.165) is 26.1 Å². The van der Waals surface area contributed by atoms with E-state index in [1.165, 1.54) is 0 Å². The van der Waals surface area contributed by atoms with Gasteiger partial charge in [-0.05, 0) is 6.42 Å². The topological polar surface area (TPSA) is 55.6 Å². The Morgan fingerprint density at radius 1 is 1.36 bits per heavy atom. The first-order valence-corrected chi connectivity index (χ1v) is 5.36. The van der Waals surface area contributed by atoms with E-state index in [9.17, 15) is 4.79 Å². The standard InChI is InChI=1S/C10H18N2O2/c11-9-7-14-6-3-10(9)12-4-1-8(13)2-5-12/h9-10H,1-7,11H2. The molecule has 2 fully saturated rings. The van der Waals surface area contributed by atoms with Crippen LogP contribution in [0.1, 0.15) is 19.3 Å². The van der Waals surface area contributed by atoms with Gasteiger partial charge < -0.3 is 10.5 Å². The van der Waals surface area contributed by atoms with Crippen molar-refractivity contribution < 1.29 is 9.53 Å². The summed E-state index contributed by atoms with van der Waals surface area (Å²) in [5, 5.41) is 0. The summed E-state index contributed by atoms with van der Waals surface area (Å²) in [6.07, 6.45) is 2.41. The zero-order chi connectivity index (χ0) is 9.97. The van der Waals surface area contributed by atoms with Gasteiger partial charge in [0, 0.05) is 44.6 Å². The van der Waals surface area contributed by atoms with Crippen LogP contribution in [0.5, 0.6) is 0 Å². The van der Waals surface area contributed by atoms with Gasteiger partial charge in [0.15, 0.2) is 0 Å². The summed E-state index contributed by atoms with van der Waals surface area (Å²) in [5.41, 5.74) is 5.99. The second-order valence-electron chi connectivity index (χ2n) is 4.17. The average Bonchev–Trinajstić information content (AvgIpc) is 2.20. The first-order chi connectivity index (χ1) is 6.77. The van der Waals surface area contributed by atoms with E-state index in [-0.39, 0.29) is 6.04 Å². The molecule has 2 heterocycles. The summed E-state index contributed by atoms with van der Waals surface area (Å²) in [5.74, 6) is 0.391. The molecule has 0 spiro atoms. The quantitative estimate of drug-likeness (QED) is 0.632. The molecule has 2 saturated heterocycles. The number of ether oxygens (including phenoxy) is 1. The minimum absolute atomic E-state index is 0.122. The van der Waals surface area contributed by atoms with Gasteiger partial charge in [0.2, 0.25) is 0 Å². The van der Waals surface area contributed by atoms with E-state index in [1.54, 1.807) is 0 Å². The third-order valence-electron chi connectivity index (χ3n) is 3.19. The summed E-state index contributed by atoms with van der Waals surface area (Å²) >= 11 is 0. The molecule has 4 heteroatoms. The SMILES string of the molecule is NC1COCCC1N1CCC(=O)CC1. The van der Waals surface area contributed by atoms with Crippen LogP contribution in [-0.4, -0.2) is 49.1 Å². The molecule has 0 radical (unpaired) electrons. The van der Waals surface area contributed by atoms with Gasteiger partial charge in [0.25, 0.3) is 0 Å². The zero-order valence-corrected chi connectivity index (χ0v) is 8.45. The van der Waals surface area contributed by atoms with Crippen LogP contribution >= 0.6 is 0 Å². The molecule has 0 aliphatic carbocycles. The van der Waals surface area contributed by atoms with E-state index < -0.39 is 0 Å². The van der Waals surface area contributed by atoms with Crippen LogP contribution in [0.3, 0.4) is 0 Å². The Bertz CT molecular complexity index is 210. The highest BCUT2D eigenvalue weighted by Crippen LogP contribution is 2.17. The number of hydrogen-bond acceptors (Lipinski definition) is 4. The Morgan fingerprint density at radius 2 is 2.07 bits per heavy atom. The number of likely N-dealkylation sites (tertiary alicyclic amines) is 1. The molecular formula is C10H18N2O2. The van der Waals surface area contributed by atoms with Gasteiger partial charge in [-0.1, -0.05) is 0 Å². The largest absolute Gasteiger partial charge is 0.380 e. The fourth-order valence-electron chi connectivity index (χ4n) is 2.31.